The number of hydrogen-bond acceptors (Lipinski definition) is 5. The van der Waals surface area contributed by atoms with E-state index in [2.05, 4.69) is 16.9 Å². The summed E-state index contributed by atoms with van der Waals surface area (Å²) in [6.45, 7) is 2.10. The maximum Gasteiger partial charge on any atom is 0.227 e. The van der Waals surface area contributed by atoms with Crippen molar-refractivity contribution in [1.82, 2.24) is 9.97 Å². The predicted octanol–water partition coefficient (Wildman–Crippen LogP) is 3.93. The smallest absolute Gasteiger partial charge is 0.227 e. The van der Waals surface area contributed by atoms with Crippen LogP contribution < -0.4 is 0 Å². The predicted molar refractivity (Wildman–Crippen MR) is 88.2 cm³/mol. The fourth-order valence-corrected chi connectivity index (χ4v) is 3.34. The summed E-state index contributed by atoms with van der Waals surface area (Å²) in [7, 11) is 0. The summed E-state index contributed by atoms with van der Waals surface area (Å²) in [5.74, 6) is 0.856. The number of aromatic nitrogens is 2. The molecule has 122 valence electrons. The lowest BCUT2D eigenvalue weighted by Gasteiger charge is -2.35. The van der Waals surface area contributed by atoms with Gasteiger partial charge in [0.1, 0.15) is 11.9 Å². The van der Waals surface area contributed by atoms with Crippen molar-refractivity contribution >= 4 is 5.71 Å². The lowest BCUT2D eigenvalue weighted by Crippen LogP contribution is -2.34. The number of nitrogens with one attached hydrogen (secondary N) is 1. The Labute approximate surface area is 136 Å². The Morgan fingerprint density at radius 2 is 2.13 bits per heavy atom. The molecular weight excluding hydrogens is 290 g/mol. The Bertz CT molecular complexity index is 641. The van der Waals surface area contributed by atoms with Gasteiger partial charge in [0.15, 0.2) is 0 Å². The van der Waals surface area contributed by atoms with Crippen LogP contribution in [0.2, 0.25) is 0 Å². The summed E-state index contributed by atoms with van der Waals surface area (Å²) in [6, 6.07) is 3.74. The highest BCUT2D eigenvalue weighted by atomic mass is 16.3. The molecule has 2 aromatic rings. The number of aliphatic hydroxyl groups is 1. The van der Waals surface area contributed by atoms with Crippen molar-refractivity contribution < 1.29 is 9.52 Å². The van der Waals surface area contributed by atoms with Crippen molar-refractivity contribution in [3.8, 4) is 11.5 Å². The summed E-state index contributed by atoms with van der Waals surface area (Å²) in [6.07, 6.45) is 9.76. The van der Waals surface area contributed by atoms with Gasteiger partial charge in [-0.05, 0) is 50.2 Å². The number of rotatable bonds is 5. The molecule has 1 saturated carbocycles. The largest absolute Gasteiger partial charge is 0.444 e. The van der Waals surface area contributed by atoms with E-state index >= 15 is 0 Å². The van der Waals surface area contributed by atoms with Crippen molar-refractivity contribution in [2.24, 2.45) is 5.92 Å². The molecular formula is C18H23N3O2. The van der Waals surface area contributed by atoms with Crippen LogP contribution in [0.3, 0.4) is 0 Å². The molecule has 0 spiro atoms. The molecule has 23 heavy (non-hydrogen) atoms. The normalized spacial score (nSPS) is 24.5. The van der Waals surface area contributed by atoms with Gasteiger partial charge >= 0.3 is 0 Å². The molecule has 0 amide bonds. The Morgan fingerprint density at radius 3 is 2.70 bits per heavy atom. The summed E-state index contributed by atoms with van der Waals surface area (Å²) < 4.78 is 5.26. The van der Waals surface area contributed by atoms with E-state index in [0.29, 0.717) is 30.3 Å². The van der Waals surface area contributed by atoms with Crippen molar-refractivity contribution in [3.63, 3.8) is 0 Å². The molecule has 0 unspecified atom stereocenters. The lowest BCUT2D eigenvalue weighted by atomic mass is 9.74. The monoisotopic (exact) mass is 313 g/mol. The van der Waals surface area contributed by atoms with Crippen LogP contribution in [0.5, 0.6) is 0 Å². The van der Waals surface area contributed by atoms with Crippen molar-refractivity contribution in [2.75, 3.05) is 0 Å². The average Bonchev–Trinajstić information content (AvgIpc) is 3.10. The van der Waals surface area contributed by atoms with E-state index < -0.39 is 5.60 Å². The maximum atomic E-state index is 10.9. The van der Waals surface area contributed by atoms with Crippen LogP contribution in [0.25, 0.3) is 11.5 Å². The molecule has 0 aromatic carbocycles. The number of oxazole rings is 1. The van der Waals surface area contributed by atoms with Crippen LogP contribution in [-0.4, -0.2) is 20.8 Å². The quantitative estimate of drug-likeness (QED) is 0.819. The Hall–Kier alpha value is -2.01. The van der Waals surface area contributed by atoms with Gasteiger partial charge in [0, 0.05) is 11.9 Å². The molecule has 1 fully saturated rings. The molecule has 0 atom stereocenters. The zero-order valence-electron chi connectivity index (χ0n) is 13.5. The zero-order chi connectivity index (χ0) is 16.3. The summed E-state index contributed by atoms with van der Waals surface area (Å²) in [5, 5.41) is 19.0. The van der Waals surface area contributed by atoms with E-state index in [1.165, 1.54) is 6.26 Å². The third-order valence-electron chi connectivity index (χ3n) is 4.74. The molecule has 5 heteroatoms. The Morgan fingerprint density at radius 1 is 1.35 bits per heavy atom. The van der Waals surface area contributed by atoms with Gasteiger partial charge in [0.25, 0.3) is 0 Å². The molecule has 2 aromatic heterocycles. The highest BCUT2D eigenvalue weighted by Crippen LogP contribution is 2.39. The molecule has 5 nitrogen and oxygen atoms in total. The number of hydrogen-bond donors (Lipinski definition) is 2. The molecule has 3 rings (SSSR count). The molecule has 1 aliphatic carbocycles. The number of nitrogens with zero attached hydrogens (tertiary/aromatic N) is 2. The summed E-state index contributed by atoms with van der Waals surface area (Å²) in [4.78, 5) is 8.53. The van der Waals surface area contributed by atoms with Crippen molar-refractivity contribution in [1.29, 1.82) is 5.41 Å². The second-order valence-electron chi connectivity index (χ2n) is 6.35. The molecule has 2 N–H and O–H groups in total. The highest BCUT2D eigenvalue weighted by molar-refractivity contribution is 5.83. The summed E-state index contributed by atoms with van der Waals surface area (Å²) >= 11 is 0. The second kappa shape index (κ2) is 6.62. The van der Waals surface area contributed by atoms with Gasteiger partial charge in [0.2, 0.25) is 5.89 Å². The van der Waals surface area contributed by atoms with E-state index in [1.54, 1.807) is 12.4 Å². The van der Waals surface area contributed by atoms with Gasteiger partial charge in [-0.3, -0.25) is 4.98 Å². The maximum absolute atomic E-state index is 10.9. The van der Waals surface area contributed by atoms with Gasteiger partial charge in [-0.15, -0.1) is 0 Å². The number of pyridine rings is 1. The van der Waals surface area contributed by atoms with Crippen LogP contribution in [0.4, 0.5) is 0 Å². The first kappa shape index (κ1) is 15.9. The topological polar surface area (TPSA) is 83.0 Å². The van der Waals surface area contributed by atoms with Gasteiger partial charge in [0.05, 0.1) is 17.5 Å². The molecule has 0 bridgehead atoms. The second-order valence-corrected chi connectivity index (χ2v) is 6.35. The van der Waals surface area contributed by atoms with Gasteiger partial charge in [-0.2, -0.15) is 0 Å². The standard InChI is InChI=1S/C18H23N3O2/c1-2-3-15(19)13-6-8-18(22,9-7-13)16-5-4-14(12-21-16)17-20-10-11-23-17/h4-5,10-13,19,22H,2-3,6-9H2,1H3. The van der Waals surface area contributed by atoms with Gasteiger partial charge in [-0.25, -0.2) is 4.98 Å². The molecule has 1 aliphatic rings. The van der Waals surface area contributed by atoms with Crippen LogP contribution in [-0.2, 0) is 5.60 Å². The summed E-state index contributed by atoms with van der Waals surface area (Å²) in [5.41, 5.74) is 1.47. The minimum absolute atomic E-state index is 0.321. The third-order valence-corrected chi connectivity index (χ3v) is 4.74. The molecule has 0 saturated heterocycles. The third kappa shape index (κ3) is 3.34. The van der Waals surface area contributed by atoms with Gasteiger partial charge < -0.3 is 14.9 Å². The van der Waals surface area contributed by atoms with Gasteiger partial charge in [-0.1, -0.05) is 13.3 Å². The molecule has 0 aliphatic heterocycles. The Kier molecular flexibility index (Phi) is 4.57. The van der Waals surface area contributed by atoms with Crippen molar-refractivity contribution in [3.05, 3.63) is 36.5 Å². The van der Waals surface area contributed by atoms with Crippen LogP contribution in [0.1, 0.15) is 51.1 Å². The first-order chi connectivity index (χ1) is 11.1. The molecule has 0 radical (unpaired) electrons. The van der Waals surface area contributed by atoms with E-state index in [4.69, 9.17) is 9.83 Å². The SMILES string of the molecule is CCCC(=N)C1CCC(O)(c2ccc(-c3ncco3)cn2)CC1. The minimum atomic E-state index is -0.877. The Balaban J connectivity index is 1.68. The first-order valence-electron chi connectivity index (χ1n) is 8.28. The van der Waals surface area contributed by atoms with Crippen molar-refractivity contribution in [2.45, 2.75) is 51.0 Å². The van der Waals surface area contributed by atoms with E-state index in [1.807, 2.05) is 12.1 Å². The van der Waals surface area contributed by atoms with E-state index in [0.717, 1.165) is 37.0 Å². The van der Waals surface area contributed by atoms with E-state index in [-0.39, 0.29) is 0 Å². The first-order valence-corrected chi connectivity index (χ1v) is 8.28. The zero-order valence-corrected chi connectivity index (χ0v) is 13.5. The van der Waals surface area contributed by atoms with Crippen LogP contribution in [0.15, 0.2) is 35.2 Å². The molecule has 2 heterocycles. The minimum Gasteiger partial charge on any atom is -0.444 e. The van der Waals surface area contributed by atoms with E-state index in [9.17, 15) is 5.11 Å². The van der Waals surface area contributed by atoms with Crippen LogP contribution >= 0.6 is 0 Å². The van der Waals surface area contributed by atoms with Crippen LogP contribution in [0, 0.1) is 11.3 Å². The lowest BCUT2D eigenvalue weighted by molar-refractivity contribution is -0.0110. The highest BCUT2D eigenvalue weighted by Gasteiger charge is 2.36. The average molecular weight is 313 g/mol. The fourth-order valence-electron chi connectivity index (χ4n) is 3.34. The fraction of sp³-hybridized carbons (Fsp3) is 0.500.